The number of aromatic nitrogens is 5. The number of fused-ring (bicyclic) bond motifs is 3. The van der Waals surface area contributed by atoms with E-state index < -0.39 is 29.3 Å². The molecule has 8 rings (SSSR count). The summed E-state index contributed by atoms with van der Waals surface area (Å²) in [5.74, 6) is 0.683. The minimum Gasteiger partial charge on any atom is -0.461 e. The van der Waals surface area contributed by atoms with Crippen molar-refractivity contribution in [2.24, 2.45) is 0 Å². The molecule has 51 heavy (non-hydrogen) atoms. The van der Waals surface area contributed by atoms with Gasteiger partial charge in [0, 0.05) is 74.1 Å². The van der Waals surface area contributed by atoms with E-state index in [9.17, 15) is 13.6 Å². The predicted octanol–water partition coefficient (Wildman–Crippen LogP) is 5.37. The molecule has 0 unspecified atom stereocenters. The van der Waals surface area contributed by atoms with Crippen molar-refractivity contribution in [3.63, 3.8) is 0 Å². The first-order chi connectivity index (χ1) is 24.8. The summed E-state index contributed by atoms with van der Waals surface area (Å²) in [5, 5.41) is 9.42. The molecule has 3 aromatic heterocycles. The number of halogens is 3. The molecule has 0 radical (unpaired) electrons. The summed E-state index contributed by atoms with van der Waals surface area (Å²) in [6.07, 6.45) is 11.0. The van der Waals surface area contributed by atoms with E-state index in [1.54, 1.807) is 24.3 Å². The first-order valence-electron chi connectivity index (χ1n) is 16.9. The molecular formula is C38H33F3N8O2. The number of piperazine rings is 1. The van der Waals surface area contributed by atoms with Crippen LogP contribution in [0.3, 0.4) is 0 Å². The van der Waals surface area contributed by atoms with Gasteiger partial charge >= 0.3 is 6.01 Å². The topological polar surface area (TPSA) is 100 Å². The second-order valence-electron chi connectivity index (χ2n) is 13.2. The van der Waals surface area contributed by atoms with Gasteiger partial charge in [0.05, 0.1) is 16.6 Å². The molecular weight excluding hydrogens is 657 g/mol. The van der Waals surface area contributed by atoms with Gasteiger partial charge in [-0.2, -0.15) is 20.2 Å². The third-order valence-corrected chi connectivity index (χ3v) is 10.1. The third-order valence-electron chi connectivity index (χ3n) is 10.1. The molecule has 3 aliphatic rings. The number of hydrogen-bond donors (Lipinski definition) is 0. The molecule has 258 valence electrons. The van der Waals surface area contributed by atoms with Crippen LogP contribution >= 0.6 is 0 Å². The van der Waals surface area contributed by atoms with Crippen molar-refractivity contribution in [3.05, 3.63) is 83.8 Å². The van der Waals surface area contributed by atoms with Gasteiger partial charge in [-0.15, -0.1) is 6.42 Å². The molecule has 0 aliphatic carbocycles. The van der Waals surface area contributed by atoms with Gasteiger partial charge in [0.1, 0.15) is 29.8 Å². The van der Waals surface area contributed by atoms with E-state index in [0.29, 0.717) is 40.7 Å². The minimum atomic E-state index is -0.949. The summed E-state index contributed by atoms with van der Waals surface area (Å²) in [6.45, 7) is 2.21. The Morgan fingerprint density at radius 3 is 2.69 bits per heavy atom. The first-order valence-corrected chi connectivity index (χ1v) is 16.9. The number of rotatable bonds is 7. The van der Waals surface area contributed by atoms with Crippen LogP contribution < -0.4 is 9.64 Å². The van der Waals surface area contributed by atoms with E-state index in [1.165, 1.54) is 17.3 Å². The standard InChI is InChI=1S/C38H33F3N8O2/c1-2-24-7-3-8-25-9-4-11-28(31(24)25)33-32(41)34-29(21-42-33)35(45-37(44-34)51-23-38-12-6-14-49(38)22-26(39)20-38)47-15-17-48(18-16-47)36(50)30(40)19-27-10-5-13-43-46-27/h1,3-5,7-11,13,19,21,26H,6,12,14-18,20,22-23H2/b30-19-/t26-,38+/m1/s1. The molecule has 3 aliphatic heterocycles. The number of alkyl halides is 1. The van der Waals surface area contributed by atoms with Crippen molar-refractivity contribution in [1.82, 2.24) is 34.9 Å². The first kappa shape index (κ1) is 32.6. The van der Waals surface area contributed by atoms with Gasteiger partial charge in [-0.3, -0.25) is 14.7 Å². The van der Waals surface area contributed by atoms with Crippen LogP contribution in [0.25, 0.3) is 39.0 Å². The number of carbonyl (C=O) groups excluding carboxylic acids is 1. The van der Waals surface area contributed by atoms with Crippen LogP contribution in [-0.2, 0) is 4.79 Å². The highest BCUT2D eigenvalue weighted by atomic mass is 19.1. The second-order valence-corrected chi connectivity index (χ2v) is 13.2. The second kappa shape index (κ2) is 13.3. The van der Waals surface area contributed by atoms with Gasteiger partial charge in [-0.25, -0.2) is 13.2 Å². The number of nitrogens with zero attached hydrogens (tertiary/aromatic N) is 8. The number of carbonyl (C=O) groups is 1. The Labute approximate surface area is 292 Å². The lowest BCUT2D eigenvalue weighted by atomic mass is 9.95. The van der Waals surface area contributed by atoms with E-state index in [1.807, 2.05) is 29.2 Å². The van der Waals surface area contributed by atoms with Crippen LogP contribution in [-0.4, -0.2) is 98.4 Å². The van der Waals surface area contributed by atoms with Crippen molar-refractivity contribution in [1.29, 1.82) is 0 Å². The summed E-state index contributed by atoms with van der Waals surface area (Å²) in [4.78, 5) is 32.3. The maximum absolute atomic E-state index is 16.8. The highest BCUT2D eigenvalue weighted by Gasteiger charge is 2.49. The quantitative estimate of drug-likeness (QED) is 0.165. The smallest absolute Gasteiger partial charge is 0.319 e. The molecule has 2 aromatic carbocycles. The van der Waals surface area contributed by atoms with E-state index in [0.717, 1.165) is 30.8 Å². The molecule has 2 atom stereocenters. The third kappa shape index (κ3) is 5.99. The van der Waals surface area contributed by atoms with Gasteiger partial charge in [-0.05, 0) is 43.0 Å². The summed E-state index contributed by atoms with van der Waals surface area (Å²) >= 11 is 0. The summed E-state index contributed by atoms with van der Waals surface area (Å²) < 4.78 is 52.5. The summed E-state index contributed by atoms with van der Waals surface area (Å²) in [7, 11) is 0. The number of benzene rings is 2. The Morgan fingerprint density at radius 2 is 1.90 bits per heavy atom. The van der Waals surface area contributed by atoms with Gasteiger partial charge in [0.2, 0.25) is 0 Å². The van der Waals surface area contributed by atoms with Gasteiger partial charge in [-0.1, -0.05) is 36.3 Å². The Hall–Kier alpha value is -5.61. The highest BCUT2D eigenvalue weighted by molar-refractivity contribution is 6.02. The molecule has 6 heterocycles. The average Bonchev–Trinajstić information content (AvgIpc) is 3.69. The molecule has 3 fully saturated rings. The van der Waals surface area contributed by atoms with E-state index in [4.69, 9.17) is 16.1 Å². The van der Waals surface area contributed by atoms with Crippen LogP contribution in [0, 0.1) is 18.2 Å². The lowest BCUT2D eigenvalue weighted by molar-refractivity contribution is -0.128. The van der Waals surface area contributed by atoms with E-state index >= 15 is 4.39 Å². The number of amides is 1. The molecule has 5 aromatic rings. The lowest BCUT2D eigenvalue weighted by Crippen LogP contribution is -2.49. The normalized spacial score (nSPS) is 20.9. The zero-order chi connectivity index (χ0) is 35.1. The Kier molecular flexibility index (Phi) is 8.47. The fourth-order valence-electron chi connectivity index (χ4n) is 7.68. The summed E-state index contributed by atoms with van der Waals surface area (Å²) in [6, 6.07) is 14.2. The Bertz CT molecular complexity index is 2220. The lowest BCUT2D eigenvalue weighted by Gasteiger charge is -2.35. The van der Waals surface area contributed by atoms with Crippen LogP contribution in [0.4, 0.5) is 19.0 Å². The van der Waals surface area contributed by atoms with Crippen LogP contribution in [0.5, 0.6) is 6.01 Å². The molecule has 10 nitrogen and oxygen atoms in total. The summed E-state index contributed by atoms with van der Waals surface area (Å²) in [5.41, 5.74) is 0.965. The van der Waals surface area contributed by atoms with Crippen LogP contribution in [0.15, 0.2) is 66.8 Å². The maximum atomic E-state index is 16.8. The number of anilines is 1. The van der Waals surface area contributed by atoms with Crippen molar-refractivity contribution in [3.8, 4) is 29.6 Å². The van der Waals surface area contributed by atoms with Gasteiger partial charge < -0.3 is 14.5 Å². The minimum absolute atomic E-state index is 0.00205. The largest absolute Gasteiger partial charge is 0.461 e. The number of ether oxygens (including phenoxy) is 1. The van der Waals surface area contributed by atoms with Crippen molar-refractivity contribution < 1.29 is 22.7 Å². The van der Waals surface area contributed by atoms with Crippen molar-refractivity contribution in [2.75, 3.05) is 50.8 Å². The number of terminal acetylenes is 1. The Balaban J connectivity index is 1.15. The SMILES string of the molecule is C#Cc1cccc2cccc(-c3ncc4c(N5CCN(C(=O)/C(F)=C/c6cccnn6)CC5)nc(OC[C@@]56CCCN5C[C@H](F)C6)nc4c3F)c12. The molecule has 1 amide bonds. The molecule has 0 bridgehead atoms. The average molecular weight is 691 g/mol. The predicted molar refractivity (Wildman–Crippen MR) is 187 cm³/mol. The molecule has 3 saturated heterocycles. The fraction of sp³-hybridized carbons (Fsp3) is 0.316. The molecule has 0 spiro atoms. The van der Waals surface area contributed by atoms with Crippen LogP contribution in [0.1, 0.15) is 30.5 Å². The van der Waals surface area contributed by atoms with Gasteiger partial charge in [0.25, 0.3) is 5.91 Å². The van der Waals surface area contributed by atoms with E-state index in [2.05, 4.69) is 31.0 Å². The maximum Gasteiger partial charge on any atom is 0.319 e. The zero-order valence-corrected chi connectivity index (χ0v) is 27.6. The van der Waals surface area contributed by atoms with Crippen LogP contribution in [0.2, 0.25) is 0 Å². The van der Waals surface area contributed by atoms with Gasteiger partial charge in [0.15, 0.2) is 11.6 Å². The number of hydrogen-bond acceptors (Lipinski definition) is 9. The monoisotopic (exact) mass is 690 g/mol. The highest BCUT2D eigenvalue weighted by Crippen LogP contribution is 2.41. The van der Waals surface area contributed by atoms with Crippen molar-refractivity contribution in [2.45, 2.75) is 31.0 Å². The fourth-order valence-corrected chi connectivity index (χ4v) is 7.68. The molecule has 0 N–H and O–H groups in total. The molecule has 0 saturated carbocycles. The van der Waals surface area contributed by atoms with Crippen molar-refractivity contribution >= 4 is 39.5 Å². The van der Waals surface area contributed by atoms with E-state index in [-0.39, 0.29) is 55.7 Å². The zero-order valence-electron chi connectivity index (χ0n) is 27.6. The molecule has 13 heteroatoms. The Morgan fingerprint density at radius 1 is 1.08 bits per heavy atom. The number of pyridine rings is 1.